The number of benzene rings is 1. The van der Waals surface area contributed by atoms with E-state index in [1.807, 2.05) is 13.0 Å². The summed E-state index contributed by atoms with van der Waals surface area (Å²) < 4.78 is 7.59. The molecule has 0 aliphatic carbocycles. The second-order valence-corrected chi connectivity index (χ2v) is 8.60. The molecule has 0 bridgehead atoms. The number of amides is 1. The van der Waals surface area contributed by atoms with Gasteiger partial charge in [-0.1, -0.05) is 44.2 Å². The van der Waals surface area contributed by atoms with Gasteiger partial charge in [0, 0.05) is 38.3 Å². The Labute approximate surface area is 180 Å². The van der Waals surface area contributed by atoms with Crippen LogP contribution in [-0.4, -0.2) is 53.4 Å². The minimum Gasteiger partial charge on any atom is -0.379 e. The quantitative estimate of drug-likeness (QED) is 0.687. The molecule has 6 heteroatoms. The van der Waals surface area contributed by atoms with Gasteiger partial charge in [-0.15, -0.1) is 0 Å². The molecule has 1 aliphatic heterocycles. The van der Waals surface area contributed by atoms with Crippen molar-refractivity contribution in [1.82, 2.24) is 20.0 Å². The number of aromatic nitrogens is 2. The van der Waals surface area contributed by atoms with E-state index in [1.54, 1.807) is 0 Å². The highest BCUT2D eigenvalue weighted by Crippen LogP contribution is 2.21. The second-order valence-electron chi connectivity index (χ2n) is 8.60. The summed E-state index contributed by atoms with van der Waals surface area (Å²) in [5.41, 5.74) is 4.67. The largest absolute Gasteiger partial charge is 0.379 e. The van der Waals surface area contributed by atoms with Crippen molar-refractivity contribution in [3.05, 3.63) is 52.8 Å². The van der Waals surface area contributed by atoms with E-state index in [4.69, 9.17) is 4.74 Å². The number of carbonyl (C=O) groups is 1. The summed E-state index contributed by atoms with van der Waals surface area (Å²) in [6, 6.07) is 10.6. The smallest absolute Gasteiger partial charge is 0.220 e. The molecule has 3 rings (SSSR count). The Morgan fingerprint density at radius 1 is 1.17 bits per heavy atom. The topological polar surface area (TPSA) is 59.4 Å². The Morgan fingerprint density at radius 3 is 2.53 bits per heavy atom. The number of morpholine rings is 1. The lowest BCUT2D eigenvalue weighted by atomic mass is 10.0. The SMILES string of the molecule is Cc1nn(CC(C)C)c(C)c1CCC(=O)NCC(c1ccccc1)N1CCOCC1. The zero-order valence-electron chi connectivity index (χ0n) is 18.9. The fourth-order valence-electron chi connectivity index (χ4n) is 4.18. The molecule has 164 valence electrons. The Hall–Kier alpha value is -2.18. The van der Waals surface area contributed by atoms with Crippen LogP contribution in [0.1, 0.15) is 48.8 Å². The van der Waals surface area contributed by atoms with Gasteiger partial charge >= 0.3 is 0 Å². The van der Waals surface area contributed by atoms with Gasteiger partial charge in [0.1, 0.15) is 0 Å². The van der Waals surface area contributed by atoms with Crippen molar-refractivity contribution in [2.24, 2.45) is 5.92 Å². The van der Waals surface area contributed by atoms with Crippen LogP contribution in [0.3, 0.4) is 0 Å². The van der Waals surface area contributed by atoms with Gasteiger partial charge < -0.3 is 10.1 Å². The van der Waals surface area contributed by atoms with Crippen LogP contribution in [0.5, 0.6) is 0 Å². The third-order valence-corrected chi connectivity index (χ3v) is 5.83. The molecular formula is C24H36N4O2. The van der Waals surface area contributed by atoms with E-state index in [2.05, 4.69) is 65.0 Å². The van der Waals surface area contributed by atoms with Crippen LogP contribution in [0.15, 0.2) is 30.3 Å². The summed E-state index contributed by atoms with van der Waals surface area (Å²) in [7, 11) is 0. The molecule has 1 aliphatic rings. The molecule has 2 aromatic rings. The minimum absolute atomic E-state index is 0.0969. The molecule has 1 unspecified atom stereocenters. The highest BCUT2D eigenvalue weighted by Gasteiger charge is 2.23. The Kier molecular flexibility index (Phi) is 8.05. The van der Waals surface area contributed by atoms with Crippen LogP contribution in [-0.2, 0) is 22.5 Å². The van der Waals surface area contributed by atoms with Crippen LogP contribution in [0.25, 0.3) is 0 Å². The Morgan fingerprint density at radius 2 is 1.87 bits per heavy atom. The minimum atomic E-state index is 0.0969. The molecule has 1 aromatic heterocycles. The standard InChI is InChI=1S/C24H36N4O2/c1-18(2)17-28-20(4)22(19(3)26-28)10-11-24(29)25-16-23(21-8-6-5-7-9-21)27-12-14-30-15-13-27/h5-9,18,23H,10-17H2,1-4H3,(H,25,29). The number of aryl methyl sites for hydroxylation is 1. The average Bonchev–Trinajstić information content (AvgIpc) is 3.00. The number of carbonyl (C=O) groups excluding carboxylic acids is 1. The molecule has 1 N–H and O–H groups in total. The summed E-state index contributed by atoms with van der Waals surface area (Å²) in [4.78, 5) is 15.1. The Balaban J connectivity index is 1.58. The van der Waals surface area contributed by atoms with Gasteiger partial charge in [0.2, 0.25) is 5.91 Å². The number of rotatable bonds is 9. The molecule has 1 fully saturated rings. The number of hydrogen-bond donors (Lipinski definition) is 1. The third kappa shape index (κ3) is 5.92. The van der Waals surface area contributed by atoms with E-state index in [0.717, 1.165) is 45.0 Å². The number of hydrogen-bond acceptors (Lipinski definition) is 4. The fraction of sp³-hybridized carbons (Fsp3) is 0.583. The maximum absolute atomic E-state index is 12.7. The van der Waals surface area contributed by atoms with Gasteiger partial charge in [-0.2, -0.15) is 5.10 Å². The molecule has 1 aromatic carbocycles. The van der Waals surface area contributed by atoms with Crippen LogP contribution >= 0.6 is 0 Å². The van der Waals surface area contributed by atoms with Crippen LogP contribution in [0.2, 0.25) is 0 Å². The van der Waals surface area contributed by atoms with Gasteiger partial charge in [0.15, 0.2) is 0 Å². The first-order chi connectivity index (χ1) is 14.5. The maximum Gasteiger partial charge on any atom is 0.220 e. The molecule has 30 heavy (non-hydrogen) atoms. The van der Waals surface area contributed by atoms with Gasteiger partial charge in [-0.3, -0.25) is 14.4 Å². The van der Waals surface area contributed by atoms with E-state index in [-0.39, 0.29) is 11.9 Å². The number of ether oxygens (including phenoxy) is 1. The normalized spacial score (nSPS) is 16.0. The molecule has 1 saturated heterocycles. The van der Waals surface area contributed by atoms with Crippen LogP contribution in [0, 0.1) is 19.8 Å². The van der Waals surface area contributed by atoms with Gasteiger partial charge in [0.25, 0.3) is 0 Å². The first kappa shape index (κ1) is 22.5. The zero-order chi connectivity index (χ0) is 21.5. The van der Waals surface area contributed by atoms with Crippen molar-refractivity contribution >= 4 is 5.91 Å². The van der Waals surface area contributed by atoms with Crippen molar-refractivity contribution in [2.45, 2.75) is 53.1 Å². The molecule has 6 nitrogen and oxygen atoms in total. The summed E-state index contributed by atoms with van der Waals surface area (Å²) in [5, 5.41) is 7.85. The first-order valence-corrected chi connectivity index (χ1v) is 11.1. The summed E-state index contributed by atoms with van der Waals surface area (Å²) in [6.45, 7) is 13.4. The van der Waals surface area contributed by atoms with Gasteiger partial charge in [0.05, 0.1) is 24.9 Å². The summed E-state index contributed by atoms with van der Waals surface area (Å²) in [5.74, 6) is 0.647. The molecule has 1 amide bonds. The number of nitrogens with one attached hydrogen (secondary N) is 1. The molecule has 0 saturated carbocycles. The highest BCUT2D eigenvalue weighted by atomic mass is 16.5. The van der Waals surface area contributed by atoms with E-state index in [9.17, 15) is 4.79 Å². The lowest BCUT2D eigenvalue weighted by molar-refractivity contribution is -0.121. The zero-order valence-corrected chi connectivity index (χ0v) is 18.9. The lowest BCUT2D eigenvalue weighted by Gasteiger charge is -2.35. The first-order valence-electron chi connectivity index (χ1n) is 11.1. The fourth-order valence-corrected chi connectivity index (χ4v) is 4.18. The van der Waals surface area contributed by atoms with Crippen molar-refractivity contribution in [2.75, 3.05) is 32.8 Å². The second kappa shape index (κ2) is 10.7. The predicted octanol–water partition coefficient (Wildman–Crippen LogP) is 3.28. The molecule has 0 spiro atoms. The van der Waals surface area contributed by atoms with Crippen LogP contribution in [0.4, 0.5) is 0 Å². The molecule has 2 heterocycles. The highest BCUT2D eigenvalue weighted by molar-refractivity contribution is 5.76. The molecule has 0 radical (unpaired) electrons. The van der Waals surface area contributed by atoms with Crippen molar-refractivity contribution in [3.8, 4) is 0 Å². The lowest BCUT2D eigenvalue weighted by Crippen LogP contribution is -2.43. The van der Waals surface area contributed by atoms with Crippen LogP contribution < -0.4 is 5.32 Å². The summed E-state index contributed by atoms with van der Waals surface area (Å²) >= 11 is 0. The van der Waals surface area contributed by atoms with Crippen molar-refractivity contribution in [1.29, 1.82) is 0 Å². The monoisotopic (exact) mass is 412 g/mol. The predicted molar refractivity (Wildman–Crippen MR) is 119 cm³/mol. The van der Waals surface area contributed by atoms with Crippen molar-refractivity contribution < 1.29 is 9.53 Å². The maximum atomic E-state index is 12.7. The third-order valence-electron chi connectivity index (χ3n) is 5.83. The van der Waals surface area contributed by atoms with E-state index in [0.29, 0.717) is 18.9 Å². The van der Waals surface area contributed by atoms with E-state index < -0.39 is 0 Å². The van der Waals surface area contributed by atoms with Gasteiger partial charge in [-0.25, -0.2) is 0 Å². The van der Waals surface area contributed by atoms with Crippen molar-refractivity contribution in [3.63, 3.8) is 0 Å². The van der Waals surface area contributed by atoms with E-state index >= 15 is 0 Å². The summed E-state index contributed by atoms with van der Waals surface area (Å²) in [6.07, 6.45) is 1.22. The number of nitrogens with zero attached hydrogens (tertiary/aromatic N) is 3. The van der Waals surface area contributed by atoms with Gasteiger partial charge in [-0.05, 0) is 37.3 Å². The molecular weight excluding hydrogens is 376 g/mol. The van der Waals surface area contributed by atoms with E-state index in [1.165, 1.54) is 16.8 Å². The molecule has 1 atom stereocenters. The average molecular weight is 413 g/mol. The Bertz CT molecular complexity index is 810.